The average Bonchev–Trinajstić information content (AvgIpc) is 4.16. The van der Waals surface area contributed by atoms with Crippen molar-refractivity contribution in [1.29, 1.82) is 5.26 Å². The standard InChI is InChI=1S/C25H22ClN3O4.C21H17N3O3.C4H6BrClO/c1-15(2)31-22-11-9-16(14-20(22)27-3)25-28-24(29-33-25)19-7-4-6-18-17(19)10-12-21(18)32-23(30)8-5-13-26;1-12(2)26-19-9-6-13(10-14(19)11-22)21-23-20(24-27-21)17-5-3-4-16-15(17)7-8-18(16)25;5-3-1-2-4(6)7/h4,6-7,9,11-12,14-15H,5,8,10,13H2,1-2H3;3-6,9-10,12H,7-8H2,1-2H3;1-3H2. The van der Waals surface area contributed by atoms with E-state index in [2.05, 4.69) is 47.1 Å². The van der Waals surface area contributed by atoms with Gasteiger partial charge < -0.3 is 23.3 Å². The van der Waals surface area contributed by atoms with Crippen LogP contribution in [-0.2, 0) is 27.2 Å². The van der Waals surface area contributed by atoms with Crippen LogP contribution in [0.2, 0.25) is 0 Å². The van der Waals surface area contributed by atoms with Crippen LogP contribution >= 0.6 is 39.1 Å². The number of alkyl halides is 2. The molecule has 2 aliphatic carbocycles. The smallest absolute Gasteiger partial charge is 0.311 e. The van der Waals surface area contributed by atoms with Gasteiger partial charge in [-0.25, -0.2) is 4.85 Å². The highest BCUT2D eigenvalue weighted by Gasteiger charge is 2.26. The predicted octanol–water partition coefficient (Wildman–Crippen LogP) is 12.3. The van der Waals surface area contributed by atoms with E-state index >= 15 is 0 Å². The Bertz CT molecular complexity index is 2880. The van der Waals surface area contributed by atoms with Crippen molar-refractivity contribution < 1.29 is 37.6 Å². The van der Waals surface area contributed by atoms with E-state index in [0.29, 0.717) is 101 Å². The largest absolute Gasteiger partial charge is 0.502 e. The van der Waals surface area contributed by atoms with E-state index in [9.17, 15) is 19.6 Å². The normalized spacial score (nSPS) is 12.2. The Balaban J connectivity index is 0.000000196. The summed E-state index contributed by atoms with van der Waals surface area (Å²) < 4.78 is 27.8. The number of halogens is 3. The van der Waals surface area contributed by atoms with Gasteiger partial charge in [-0.1, -0.05) is 62.6 Å². The summed E-state index contributed by atoms with van der Waals surface area (Å²) in [6, 6.07) is 23.8. The first kappa shape index (κ1) is 49.8. The fourth-order valence-corrected chi connectivity index (χ4v) is 7.59. The summed E-state index contributed by atoms with van der Waals surface area (Å²) >= 11 is 13.8. The number of benzene rings is 4. The topological polar surface area (TPSA) is 185 Å². The lowest BCUT2D eigenvalue weighted by Gasteiger charge is -2.11. The zero-order valence-electron chi connectivity index (χ0n) is 37.1. The third-order valence-corrected chi connectivity index (χ3v) is 11.0. The van der Waals surface area contributed by atoms with E-state index in [1.165, 1.54) is 0 Å². The Morgan fingerprint density at radius 2 is 1.42 bits per heavy atom. The van der Waals surface area contributed by atoms with Gasteiger partial charge >= 0.3 is 5.97 Å². The molecule has 0 unspecified atom stereocenters. The highest BCUT2D eigenvalue weighted by Crippen LogP contribution is 2.38. The highest BCUT2D eigenvalue weighted by molar-refractivity contribution is 9.09. The second kappa shape index (κ2) is 23.7. The van der Waals surface area contributed by atoms with Crippen molar-refractivity contribution in [2.45, 2.75) is 84.8 Å². The van der Waals surface area contributed by atoms with Gasteiger partial charge in [0.25, 0.3) is 11.8 Å². The molecular formula is C50H45BrCl2N6O8. The number of allylic oxidation sites excluding steroid dienone is 1. The molecule has 2 aromatic heterocycles. The second-order valence-electron chi connectivity index (χ2n) is 15.6. The molecule has 0 atom stereocenters. The van der Waals surface area contributed by atoms with Crippen molar-refractivity contribution in [3.05, 3.63) is 118 Å². The first-order valence-electron chi connectivity index (χ1n) is 21.4. The van der Waals surface area contributed by atoms with Crippen LogP contribution in [0.15, 0.2) is 87.9 Å². The van der Waals surface area contributed by atoms with Crippen LogP contribution in [0.4, 0.5) is 5.69 Å². The Morgan fingerprint density at radius 3 is 2.00 bits per heavy atom. The first-order chi connectivity index (χ1) is 32.3. The maximum atomic E-state index is 12.0. The number of carbonyl (C=O) groups is 3. The van der Waals surface area contributed by atoms with Gasteiger partial charge in [0.05, 0.1) is 24.3 Å². The maximum absolute atomic E-state index is 12.0. The van der Waals surface area contributed by atoms with E-state index in [-0.39, 0.29) is 35.6 Å². The number of rotatable bonds is 15. The summed E-state index contributed by atoms with van der Waals surface area (Å²) in [5.74, 6) is 3.34. The number of nitrogens with zero attached hydrogens (tertiary/aromatic N) is 6. The van der Waals surface area contributed by atoms with Gasteiger partial charge in [0.15, 0.2) is 5.78 Å². The number of ketones is 1. The molecule has 0 aliphatic heterocycles. The fourth-order valence-electron chi connectivity index (χ4n) is 7.04. The number of ether oxygens (including phenoxy) is 3. The van der Waals surface area contributed by atoms with Crippen LogP contribution in [-0.4, -0.2) is 60.7 Å². The molecule has 67 heavy (non-hydrogen) atoms. The number of fused-ring (bicyclic) bond motifs is 2. The molecular weight excluding hydrogens is 963 g/mol. The second-order valence-corrected chi connectivity index (χ2v) is 17.2. The average molecular weight is 1010 g/mol. The number of aromatic nitrogens is 4. The highest BCUT2D eigenvalue weighted by atomic mass is 79.9. The van der Waals surface area contributed by atoms with Crippen LogP contribution < -0.4 is 9.47 Å². The van der Waals surface area contributed by atoms with Gasteiger partial charge in [0.2, 0.25) is 22.6 Å². The lowest BCUT2D eigenvalue weighted by atomic mass is 10.0. The third kappa shape index (κ3) is 12.8. The molecule has 0 spiro atoms. The van der Waals surface area contributed by atoms with Crippen molar-refractivity contribution in [3.63, 3.8) is 0 Å². The van der Waals surface area contributed by atoms with Crippen LogP contribution in [0.5, 0.6) is 11.5 Å². The summed E-state index contributed by atoms with van der Waals surface area (Å²) in [7, 11) is 0. The maximum Gasteiger partial charge on any atom is 0.311 e. The minimum atomic E-state index is -0.303. The molecule has 0 bridgehead atoms. The van der Waals surface area contributed by atoms with Crippen LogP contribution in [0.1, 0.15) is 92.4 Å². The van der Waals surface area contributed by atoms with Gasteiger partial charge in [0.1, 0.15) is 23.3 Å². The van der Waals surface area contributed by atoms with Crippen LogP contribution in [0.25, 0.3) is 56.3 Å². The van der Waals surface area contributed by atoms with E-state index in [0.717, 1.165) is 45.1 Å². The van der Waals surface area contributed by atoms with E-state index in [1.807, 2.05) is 70.2 Å². The molecule has 0 radical (unpaired) electrons. The molecule has 0 fully saturated rings. The Kier molecular flexibility index (Phi) is 17.6. The van der Waals surface area contributed by atoms with Crippen molar-refractivity contribution in [2.24, 2.45) is 0 Å². The van der Waals surface area contributed by atoms with Gasteiger partial charge in [0, 0.05) is 63.9 Å². The fraction of sp³-hybridized carbons (Fsp3) is 0.300. The zero-order valence-corrected chi connectivity index (χ0v) is 40.2. The monoisotopic (exact) mass is 1010 g/mol. The minimum Gasteiger partial charge on any atom is -0.502 e. The van der Waals surface area contributed by atoms with Gasteiger partial charge in [-0.15, -0.1) is 11.6 Å². The number of Topliss-reactive ketones (excluding diaryl/α,β-unsaturated/α-hetero) is 1. The first-order valence-corrected chi connectivity index (χ1v) is 23.4. The zero-order chi connectivity index (χ0) is 48.0. The molecule has 0 saturated heterocycles. The summed E-state index contributed by atoms with van der Waals surface area (Å²) in [6.07, 6.45) is 5.78. The van der Waals surface area contributed by atoms with Gasteiger partial charge in [-0.2, -0.15) is 15.2 Å². The minimum absolute atomic E-state index is 0.0270. The lowest BCUT2D eigenvalue weighted by molar-refractivity contribution is -0.136. The molecule has 14 nitrogen and oxygen atoms in total. The number of nitriles is 1. The van der Waals surface area contributed by atoms with Crippen molar-refractivity contribution >= 4 is 67.6 Å². The van der Waals surface area contributed by atoms with Gasteiger partial charge in [-0.05, 0) is 119 Å². The number of esters is 1. The number of hydrogen-bond donors (Lipinski definition) is 0. The molecule has 4 aromatic carbocycles. The summed E-state index contributed by atoms with van der Waals surface area (Å²) in [4.78, 5) is 46.5. The molecule has 6 aromatic rings. The summed E-state index contributed by atoms with van der Waals surface area (Å²) in [5, 5.41) is 18.2. The summed E-state index contributed by atoms with van der Waals surface area (Å²) in [6.45, 7) is 15.1. The van der Waals surface area contributed by atoms with Gasteiger partial charge in [-0.3, -0.25) is 14.4 Å². The van der Waals surface area contributed by atoms with Crippen molar-refractivity contribution in [3.8, 4) is 63.3 Å². The molecule has 0 amide bonds. The van der Waals surface area contributed by atoms with Crippen LogP contribution in [0.3, 0.4) is 0 Å². The molecule has 0 saturated carbocycles. The Hall–Kier alpha value is -6.65. The van der Waals surface area contributed by atoms with E-state index < -0.39 is 0 Å². The van der Waals surface area contributed by atoms with Crippen molar-refractivity contribution in [2.75, 3.05) is 11.2 Å². The quantitative estimate of drug-likeness (QED) is 0.0410. The Morgan fingerprint density at radius 1 is 0.821 bits per heavy atom. The predicted molar refractivity (Wildman–Crippen MR) is 257 cm³/mol. The SMILES string of the molecule is CC(C)Oc1ccc(-c2nc(-c3cccc4c3CCC4=O)no2)cc1C#N.O=C(Cl)CCCBr.[C-]#[N+]c1cc(-c2nc(-c3cccc4c3CC=C4OC(=O)CCCCl)no2)ccc1OC(C)C. The van der Waals surface area contributed by atoms with Crippen LogP contribution in [0, 0.1) is 17.9 Å². The van der Waals surface area contributed by atoms with E-state index in [1.54, 1.807) is 36.4 Å². The number of hydrogen-bond acceptors (Lipinski definition) is 13. The summed E-state index contributed by atoms with van der Waals surface area (Å²) in [5.41, 5.74) is 7.19. The van der Waals surface area contributed by atoms with Crippen molar-refractivity contribution in [1.82, 2.24) is 20.3 Å². The Labute approximate surface area is 406 Å². The van der Waals surface area contributed by atoms with E-state index in [4.69, 9.17) is 53.0 Å². The number of carbonyl (C=O) groups excluding carboxylic acids is 3. The molecule has 0 N–H and O–H groups in total. The molecule has 2 heterocycles. The molecule has 344 valence electrons. The molecule has 17 heteroatoms. The molecule has 8 rings (SSSR count). The lowest BCUT2D eigenvalue weighted by Crippen LogP contribution is -2.06. The molecule has 2 aliphatic rings. The third-order valence-electron chi connectivity index (χ3n) is 9.99.